The van der Waals surface area contributed by atoms with E-state index in [9.17, 15) is 5.11 Å². The molecule has 0 radical (unpaired) electrons. The molecule has 4 nitrogen and oxygen atoms in total. The summed E-state index contributed by atoms with van der Waals surface area (Å²) in [6.07, 6.45) is -1.63. The Balaban J connectivity index is 2.37. The van der Waals surface area contributed by atoms with E-state index in [1.807, 2.05) is 30.3 Å². The van der Waals surface area contributed by atoms with Gasteiger partial charge in [0.15, 0.2) is 0 Å². The van der Waals surface area contributed by atoms with Gasteiger partial charge >= 0.3 is 0 Å². The molecule has 0 aliphatic carbocycles. The van der Waals surface area contributed by atoms with Crippen molar-refractivity contribution in [1.29, 1.82) is 0 Å². The number of rotatable bonds is 5. The van der Waals surface area contributed by atoms with Crippen LogP contribution in [0.3, 0.4) is 0 Å². The van der Waals surface area contributed by atoms with E-state index in [1.54, 1.807) is 0 Å². The highest BCUT2D eigenvalue weighted by molar-refractivity contribution is 5.42. The summed E-state index contributed by atoms with van der Waals surface area (Å²) < 4.78 is 0. The number of hydrogen-bond donors (Lipinski definition) is 4. The zero-order valence-electron chi connectivity index (χ0n) is 7.80. The third kappa shape index (κ3) is 3.74. The normalized spacial score (nSPS) is 14.8. The molecule has 0 saturated heterocycles. The lowest BCUT2D eigenvalue weighted by Crippen LogP contribution is -2.26. The Morgan fingerprint density at radius 1 is 1.14 bits per heavy atom. The molecule has 4 N–H and O–H groups in total. The summed E-state index contributed by atoms with van der Waals surface area (Å²) in [6, 6.07) is 9.19. The first kappa shape index (κ1) is 11.0. The number of para-hydroxylation sites is 1. The van der Waals surface area contributed by atoms with Gasteiger partial charge in [0.2, 0.25) is 0 Å². The molecule has 1 aromatic rings. The fraction of sp³-hybridized carbons (Fsp3) is 0.400. The minimum atomic E-state index is -0.888. The van der Waals surface area contributed by atoms with Crippen molar-refractivity contribution >= 4 is 5.69 Å². The first-order valence-electron chi connectivity index (χ1n) is 4.51. The predicted molar refractivity (Wildman–Crippen MR) is 53.8 cm³/mol. The zero-order chi connectivity index (χ0) is 10.4. The van der Waals surface area contributed by atoms with E-state index < -0.39 is 12.3 Å². The van der Waals surface area contributed by atoms with Gasteiger partial charge in [-0.15, -0.1) is 0 Å². The third-order valence-corrected chi connectivity index (χ3v) is 1.81. The number of anilines is 1. The van der Waals surface area contributed by atoms with Crippen LogP contribution >= 0.6 is 0 Å². The van der Waals surface area contributed by atoms with Crippen molar-refractivity contribution in [1.82, 2.24) is 0 Å². The molecule has 0 bridgehead atoms. The minimum absolute atomic E-state index is 0.103. The van der Waals surface area contributed by atoms with Crippen LogP contribution in [0.15, 0.2) is 30.3 Å². The summed E-state index contributed by atoms with van der Waals surface area (Å²) in [6.45, 7) is -0.340. The number of nitrogens with one attached hydrogen (secondary N) is 1. The minimum Gasteiger partial charge on any atom is -0.394 e. The molecule has 0 heterocycles. The van der Waals surface area contributed by atoms with Crippen molar-refractivity contribution in [2.75, 3.05) is 11.9 Å². The molecule has 0 saturated carbocycles. The lowest BCUT2D eigenvalue weighted by Gasteiger charge is -2.16. The maximum Gasteiger partial charge on any atom is 0.127 e. The molecular formula is C10H15NO3. The second-order valence-electron chi connectivity index (χ2n) is 3.10. The topological polar surface area (TPSA) is 72.7 Å². The van der Waals surface area contributed by atoms with Crippen molar-refractivity contribution < 1.29 is 15.3 Å². The molecule has 0 amide bonds. The van der Waals surface area contributed by atoms with Gasteiger partial charge < -0.3 is 20.6 Å². The van der Waals surface area contributed by atoms with E-state index >= 15 is 0 Å². The Morgan fingerprint density at radius 2 is 1.79 bits per heavy atom. The summed E-state index contributed by atoms with van der Waals surface area (Å²) in [4.78, 5) is 0. The van der Waals surface area contributed by atoms with Gasteiger partial charge in [-0.2, -0.15) is 0 Å². The molecule has 1 aromatic carbocycles. The van der Waals surface area contributed by atoms with Crippen LogP contribution in [0.25, 0.3) is 0 Å². The van der Waals surface area contributed by atoms with Crippen molar-refractivity contribution in [3.63, 3.8) is 0 Å². The monoisotopic (exact) mass is 197 g/mol. The predicted octanol–water partition coefficient (Wildman–Crippen LogP) is 0.160. The maximum atomic E-state index is 9.42. The van der Waals surface area contributed by atoms with E-state index in [0.29, 0.717) is 0 Å². The highest BCUT2D eigenvalue weighted by atomic mass is 16.3. The van der Waals surface area contributed by atoms with Gasteiger partial charge in [0.25, 0.3) is 0 Å². The lowest BCUT2D eigenvalue weighted by atomic mass is 10.2. The third-order valence-electron chi connectivity index (χ3n) is 1.81. The number of benzene rings is 1. The van der Waals surface area contributed by atoms with E-state index in [2.05, 4.69) is 5.32 Å². The van der Waals surface area contributed by atoms with Crippen LogP contribution in [0.5, 0.6) is 0 Å². The number of hydrogen-bond acceptors (Lipinski definition) is 4. The van der Waals surface area contributed by atoms with E-state index in [4.69, 9.17) is 10.2 Å². The van der Waals surface area contributed by atoms with Crippen molar-refractivity contribution in [3.05, 3.63) is 30.3 Å². The Hall–Kier alpha value is -1.10. The SMILES string of the molecule is OCC(O)CC(O)Nc1ccccc1. The average Bonchev–Trinajstić information content (AvgIpc) is 2.19. The van der Waals surface area contributed by atoms with Gasteiger partial charge in [0.05, 0.1) is 12.7 Å². The Bertz CT molecular complexity index is 253. The molecule has 14 heavy (non-hydrogen) atoms. The maximum absolute atomic E-state index is 9.42. The second kappa shape index (κ2) is 5.59. The van der Waals surface area contributed by atoms with E-state index in [0.717, 1.165) is 5.69 Å². The molecular weight excluding hydrogens is 182 g/mol. The molecule has 1 rings (SSSR count). The lowest BCUT2D eigenvalue weighted by molar-refractivity contribution is 0.0505. The molecule has 0 spiro atoms. The number of aliphatic hydroxyl groups is 3. The van der Waals surface area contributed by atoms with Crippen molar-refractivity contribution in [3.8, 4) is 0 Å². The van der Waals surface area contributed by atoms with Crippen LogP contribution in [-0.2, 0) is 0 Å². The van der Waals surface area contributed by atoms with Gasteiger partial charge in [-0.3, -0.25) is 0 Å². The van der Waals surface area contributed by atoms with Crippen molar-refractivity contribution in [2.45, 2.75) is 18.8 Å². The van der Waals surface area contributed by atoms with Gasteiger partial charge in [0.1, 0.15) is 6.23 Å². The quantitative estimate of drug-likeness (QED) is 0.507. The Kier molecular flexibility index (Phi) is 4.39. The molecule has 4 heteroatoms. The van der Waals surface area contributed by atoms with Crippen LogP contribution in [-0.4, -0.2) is 34.3 Å². The van der Waals surface area contributed by atoms with Gasteiger partial charge in [-0.25, -0.2) is 0 Å². The van der Waals surface area contributed by atoms with Crippen LogP contribution in [0, 0.1) is 0 Å². The summed E-state index contributed by atoms with van der Waals surface area (Å²) >= 11 is 0. The summed E-state index contributed by atoms with van der Waals surface area (Å²) in [5, 5.41) is 29.8. The van der Waals surface area contributed by atoms with Crippen LogP contribution < -0.4 is 5.32 Å². The highest BCUT2D eigenvalue weighted by Crippen LogP contribution is 2.08. The zero-order valence-corrected chi connectivity index (χ0v) is 7.80. The molecule has 0 aliphatic heterocycles. The fourth-order valence-electron chi connectivity index (χ4n) is 1.12. The smallest absolute Gasteiger partial charge is 0.127 e. The number of aliphatic hydroxyl groups excluding tert-OH is 3. The molecule has 2 unspecified atom stereocenters. The summed E-state index contributed by atoms with van der Waals surface area (Å²) in [5.74, 6) is 0. The van der Waals surface area contributed by atoms with E-state index in [-0.39, 0.29) is 13.0 Å². The largest absolute Gasteiger partial charge is 0.394 e. The van der Waals surface area contributed by atoms with Gasteiger partial charge in [0, 0.05) is 12.1 Å². The van der Waals surface area contributed by atoms with Crippen LogP contribution in [0.2, 0.25) is 0 Å². The van der Waals surface area contributed by atoms with Crippen LogP contribution in [0.1, 0.15) is 6.42 Å². The first-order valence-corrected chi connectivity index (χ1v) is 4.51. The molecule has 0 fully saturated rings. The van der Waals surface area contributed by atoms with Gasteiger partial charge in [-0.1, -0.05) is 18.2 Å². The average molecular weight is 197 g/mol. The first-order chi connectivity index (χ1) is 6.72. The molecule has 78 valence electrons. The van der Waals surface area contributed by atoms with Crippen LogP contribution in [0.4, 0.5) is 5.69 Å². The standard InChI is InChI=1S/C10H15NO3/c12-7-9(13)6-10(14)11-8-4-2-1-3-5-8/h1-5,9-14H,6-7H2. The van der Waals surface area contributed by atoms with E-state index in [1.165, 1.54) is 0 Å². The highest BCUT2D eigenvalue weighted by Gasteiger charge is 2.09. The molecule has 0 aliphatic rings. The van der Waals surface area contributed by atoms with Crippen molar-refractivity contribution in [2.24, 2.45) is 0 Å². The molecule has 0 aromatic heterocycles. The summed E-state index contributed by atoms with van der Waals surface area (Å²) in [5.41, 5.74) is 0.783. The fourth-order valence-corrected chi connectivity index (χ4v) is 1.12. The molecule has 2 atom stereocenters. The Labute approximate surface area is 82.8 Å². The Morgan fingerprint density at radius 3 is 2.36 bits per heavy atom. The summed E-state index contributed by atoms with van der Waals surface area (Å²) in [7, 11) is 0. The second-order valence-corrected chi connectivity index (χ2v) is 3.10. The van der Waals surface area contributed by atoms with Gasteiger partial charge in [-0.05, 0) is 12.1 Å².